The van der Waals surface area contributed by atoms with Crippen LogP contribution in [0.5, 0.6) is 5.75 Å². The van der Waals surface area contributed by atoms with Gasteiger partial charge in [0.05, 0.1) is 0 Å². The van der Waals surface area contributed by atoms with Crippen LogP contribution in [0.3, 0.4) is 0 Å². The average molecular weight is 325 g/mol. The Morgan fingerprint density at radius 1 is 1.08 bits per heavy atom. The molecule has 0 bridgehead atoms. The van der Waals surface area contributed by atoms with Crippen LogP contribution in [0.15, 0.2) is 48.5 Å². The maximum Gasteiger partial charge on any atom is 0.262 e. The van der Waals surface area contributed by atoms with E-state index >= 15 is 0 Å². The molecule has 0 saturated carbocycles. The van der Waals surface area contributed by atoms with E-state index in [0.29, 0.717) is 17.2 Å². The second-order valence-corrected chi connectivity index (χ2v) is 5.81. The van der Waals surface area contributed by atoms with Crippen LogP contribution >= 0.6 is 0 Å². The Kier molecular flexibility index (Phi) is 6.13. The Bertz CT molecular complexity index is 707. The molecule has 4 heteroatoms. The number of benzene rings is 2. The van der Waals surface area contributed by atoms with Gasteiger partial charge in [0.25, 0.3) is 5.91 Å². The van der Waals surface area contributed by atoms with Crippen LogP contribution in [-0.4, -0.2) is 18.3 Å². The zero-order chi connectivity index (χ0) is 17.5. The molecule has 1 unspecified atom stereocenters. The topological polar surface area (TPSA) is 55.4 Å². The average Bonchev–Trinajstić information content (AvgIpc) is 2.60. The van der Waals surface area contributed by atoms with Crippen LogP contribution < -0.4 is 10.1 Å². The highest BCUT2D eigenvalue weighted by atomic mass is 16.5. The predicted octanol–water partition coefficient (Wildman–Crippen LogP) is 4.42. The number of ether oxygens (including phenoxy) is 1. The second-order valence-electron chi connectivity index (χ2n) is 5.81. The molecule has 1 N–H and O–H groups in total. The Balaban J connectivity index is 1.95. The molecular formula is C20H23NO3. The van der Waals surface area contributed by atoms with Crippen molar-refractivity contribution in [3.05, 3.63) is 59.7 Å². The third-order valence-corrected chi connectivity index (χ3v) is 4.01. The Labute approximate surface area is 142 Å². The summed E-state index contributed by atoms with van der Waals surface area (Å²) >= 11 is 0. The third-order valence-electron chi connectivity index (χ3n) is 4.01. The SMILES string of the molecule is CCC(C)c1ccccc1NC(=O)COc1ccc(C(C)=O)cc1. The lowest BCUT2D eigenvalue weighted by Gasteiger charge is -2.15. The second kappa shape index (κ2) is 8.29. The van der Waals surface area contributed by atoms with Gasteiger partial charge in [-0.1, -0.05) is 32.0 Å². The zero-order valence-corrected chi connectivity index (χ0v) is 14.3. The Hall–Kier alpha value is -2.62. The number of Topliss-reactive ketones (excluding diaryl/α,β-unsaturated/α-hetero) is 1. The van der Waals surface area contributed by atoms with E-state index in [4.69, 9.17) is 4.74 Å². The molecule has 0 aromatic heterocycles. The first kappa shape index (κ1) is 17.7. The number of rotatable bonds is 7. The molecule has 0 radical (unpaired) electrons. The molecule has 0 heterocycles. The van der Waals surface area contributed by atoms with Gasteiger partial charge in [-0.05, 0) is 55.2 Å². The summed E-state index contributed by atoms with van der Waals surface area (Å²) in [7, 11) is 0. The number of hydrogen-bond donors (Lipinski definition) is 1. The quantitative estimate of drug-likeness (QED) is 0.767. The summed E-state index contributed by atoms with van der Waals surface area (Å²) in [4.78, 5) is 23.4. The van der Waals surface area contributed by atoms with E-state index < -0.39 is 0 Å². The first-order valence-corrected chi connectivity index (χ1v) is 8.13. The van der Waals surface area contributed by atoms with Gasteiger partial charge in [-0.2, -0.15) is 0 Å². The summed E-state index contributed by atoms with van der Waals surface area (Å²) in [5.41, 5.74) is 2.57. The summed E-state index contributed by atoms with van der Waals surface area (Å²) in [6.45, 7) is 5.70. The number of amides is 1. The van der Waals surface area contributed by atoms with Crippen molar-refractivity contribution in [3.63, 3.8) is 0 Å². The number of para-hydroxylation sites is 1. The summed E-state index contributed by atoms with van der Waals surface area (Å²) in [6.07, 6.45) is 1.01. The van der Waals surface area contributed by atoms with E-state index in [-0.39, 0.29) is 18.3 Å². The van der Waals surface area contributed by atoms with Crippen LogP contribution in [0, 0.1) is 0 Å². The molecule has 0 spiro atoms. The standard InChI is InChI=1S/C20H23NO3/c1-4-14(2)18-7-5-6-8-19(18)21-20(23)13-24-17-11-9-16(10-12-17)15(3)22/h5-12,14H,4,13H2,1-3H3,(H,21,23). The van der Waals surface area contributed by atoms with Crippen LogP contribution in [0.1, 0.15) is 49.0 Å². The maximum absolute atomic E-state index is 12.1. The third kappa shape index (κ3) is 4.69. The number of carbonyl (C=O) groups excluding carboxylic acids is 2. The predicted molar refractivity (Wildman–Crippen MR) is 95.7 cm³/mol. The molecule has 2 rings (SSSR count). The largest absolute Gasteiger partial charge is 0.484 e. The molecule has 126 valence electrons. The molecule has 0 aliphatic heterocycles. The molecule has 4 nitrogen and oxygen atoms in total. The highest BCUT2D eigenvalue weighted by Gasteiger charge is 2.11. The lowest BCUT2D eigenvalue weighted by molar-refractivity contribution is -0.118. The number of carbonyl (C=O) groups is 2. The summed E-state index contributed by atoms with van der Waals surface area (Å²) in [5.74, 6) is 0.731. The summed E-state index contributed by atoms with van der Waals surface area (Å²) in [6, 6.07) is 14.6. The van der Waals surface area contributed by atoms with Crippen LogP contribution in [-0.2, 0) is 4.79 Å². The van der Waals surface area contributed by atoms with Crippen molar-refractivity contribution < 1.29 is 14.3 Å². The van der Waals surface area contributed by atoms with Crippen molar-refractivity contribution in [3.8, 4) is 5.75 Å². The molecule has 0 fully saturated rings. The van der Waals surface area contributed by atoms with Crippen molar-refractivity contribution in [2.24, 2.45) is 0 Å². The smallest absolute Gasteiger partial charge is 0.262 e. The fourth-order valence-electron chi connectivity index (χ4n) is 2.38. The molecule has 0 aliphatic carbocycles. The maximum atomic E-state index is 12.1. The van der Waals surface area contributed by atoms with Crippen LogP contribution in [0.4, 0.5) is 5.69 Å². The van der Waals surface area contributed by atoms with Gasteiger partial charge in [0.1, 0.15) is 5.75 Å². The van der Waals surface area contributed by atoms with E-state index in [1.165, 1.54) is 6.92 Å². The Morgan fingerprint density at radius 2 is 1.75 bits per heavy atom. The van der Waals surface area contributed by atoms with Gasteiger partial charge in [-0.15, -0.1) is 0 Å². The number of hydrogen-bond acceptors (Lipinski definition) is 3. The van der Waals surface area contributed by atoms with Crippen LogP contribution in [0.2, 0.25) is 0 Å². The molecule has 0 saturated heterocycles. The van der Waals surface area contributed by atoms with Gasteiger partial charge in [0.2, 0.25) is 0 Å². The van der Waals surface area contributed by atoms with Gasteiger partial charge in [0.15, 0.2) is 12.4 Å². The highest BCUT2D eigenvalue weighted by Crippen LogP contribution is 2.26. The van der Waals surface area contributed by atoms with Crippen molar-refractivity contribution in [2.45, 2.75) is 33.1 Å². The van der Waals surface area contributed by atoms with Crippen molar-refractivity contribution in [1.82, 2.24) is 0 Å². The van der Waals surface area contributed by atoms with Crippen LogP contribution in [0.25, 0.3) is 0 Å². The summed E-state index contributed by atoms with van der Waals surface area (Å²) in [5, 5.41) is 2.91. The highest BCUT2D eigenvalue weighted by molar-refractivity contribution is 5.94. The lowest BCUT2D eigenvalue weighted by Crippen LogP contribution is -2.21. The Morgan fingerprint density at radius 3 is 2.38 bits per heavy atom. The first-order chi connectivity index (χ1) is 11.5. The van der Waals surface area contributed by atoms with Gasteiger partial charge in [0, 0.05) is 11.3 Å². The fraction of sp³-hybridized carbons (Fsp3) is 0.300. The normalized spacial score (nSPS) is 11.6. The van der Waals surface area contributed by atoms with Gasteiger partial charge >= 0.3 is 0 Å². The molecule has 24 heavy (non-hydrogen) atoms. The molecule has 1 amide bonds. The van der Waals surface area contributed by atoms with E-state index in [2.05, 4.69) is 19.2 Å². The van der Waals surface area contributed by atoms with Crippen molar-refractivity contribution in [1.29, 1.82) is 0 Å². The van der Waals surface area contributed by atoms with Gasteiger partial charge in [-0.3, -0.25) is 9.59 Å². The minimum Gasteiger partial charge on any atom is -0.484 e. The van der Waals surface area contributed by atoms with Gasteiger partial charge in [-0.25, -0.2) is 0 Å². The first-order valence-electron chi connectivity index (χ1n) is 8.13. The van der Waals surface area contributed by atoms with E-state index in [0.717, 1.165) is 17.7 Å². The minimum atomic E-state index is -0.207. The van der Waals surface area contributed by atoms with Crippen molar-refractivity contribution >= 4 is 17.4 Å². The molecule has 1 atom stereocenters. The number of anilines is 1. The molecular weight excluding hydrogens is 302 g/mol. The molecule has 0 aliphatic rings. The minimum absolute atomic E-state index is 0.000874. The van der Waals surface area contributed by atoms with E-state index in [1.807, 2.05) is 24.3 Å². The monoisotopic (exact) mass is 325 g/mol. The van der Waals surface area contributed by atoms with E-state index in [9.17, 15) is 9.59 Å². The fourth-order valence-corrected chi connectivity index (χ4v) is 2.38. The van der Waals surface area contributed by atoms with Crippen molar-refractivity contribution in [2.75, 3.05) is 11.9 Å². The van der Waals surface area contributed by atoms with Gasteiger partial charge < -0.3 is 10.1 Å². The number of nitrogens with one attached hydrogen (secondary N) is 1. The summed E-state index contributed by atoms with van der Waals surface area (Å²) < 4.78 is 5.48. The zero-order valence-electron chi connectivity index (χ0n) is 14.3. The molecule has 2 aromatic carbocycles. The lowest BCUT2D eigenvalue weighted by atomic mass is 9.97. The molecule has 2 aromatic rings. The number of ketones is 1. The van der Waals surface area contributed by atoms with E-state index in [1.54, 1.807) is 24.3 Å².